The monoisotopic (exact) mass is 751 g/mol. The Morgan fingerprint density at radius 2 is 0.660 bits per heavy atom. The molecule has 0 aromatic rings. The molecule has 0 aliphatic heterocycles. The van der Waals surface area contributed by atoms with Crippen LogP contribution in [0.2, 0.25) is 0 Å². The third-order valence-corrected chi connectivity index (χ3v) is 10.9. The molecule has 0 saturated carbocycles. The van der Waals surface area contributed by atoms with Crippen LogP contribution in [-0.2, 0) is 28.6 Å². The molecule has 0 saturated heterocycles. The first-order valence-corrected chi connectivity index (χ1v) is 23.4. The summed E-state index contributed by atoms with van der Waals surface area (Å²) in [6, 6.07) is 0. The molecule has 6 heteroatoms. The van der Waals surface area contributed by atoms with Gasteiger partial charge in [0.05, 0.1) is 0 Å². The van der Waals surface area contributed by atoms with Crippen LogP contribution in [-0.4, -0.2) is 37.2 Å². The SMILES string of the molecule is CCCCCCCCCCCCCCCCCCCCC(=O)OC[C@@H](COC(=O)CCCCCCC)OC(=O)CCCCCCCCCCC(C)CC. The first-order valence-electron chi connectivity index (χ1n) is 23.4. The molecule has 0 aliphatic rings. The van der Waals surface area contributed by atoms with Crippen LogP contribution in [0.3, 0.4) is 0 Å². The van der Waals surface area contributed by atoms with Gasteiger partial charge in [-0.1, -0.05) is 220 Å². The number of hydrogen-bond donors (Lipinski definition) is 0. The van der Waals surface area contributed by atoms with Crippen molar-refractivity contribution in [1.29, 1.82) is 0 Å². The summed E-state index contributed by atoms with van der Waals surface area (Å²) in [4.78, 5) is 37.5. The van der Waals surface area contributed by atoms with E-state index in [0.29, 0.717) is 19.3 Å². The van der Waals surface area contributed by atoms with Crippen LogP contribution in [0.5, 0.6) is 0 Å². The predicted octanol–water partition coefficient (Wildman–Crippen LogP) is 14.7. The van der Waals surface area contributed by atoms with E-state index >= 15 is 0 Å². The van der Waals surface area contributed by atoms with Gasteiger partial charge in [0.1, 0.15) is 13.2 Å². The van der Waals surface area contributed by atoms with E-state index < -0.39 is 6.10 Å². The molecule has 0 amide bonds. The molecule has 6 nitrogen and oxygen atoms in total. The van der Waals surface area contributed by atoms with Crippen molar-refractivity contribution in [3.63, 3.8) is 0 Å². The third kappa shape index (κ3) is 39.9. The van der Waals surface area contributed by atoms with Crippen LogP contribution >= 0.6 is 0 Å². The lowest BCUT2D eigenvalue weighted by Gasteiger charge is -2.18. The molecule has 0 aliphatic carbocycles. The molecule has 0 bridgehead atoms. The lowest BCUT2D eigenvalue weighted by molar-refractivity contribution is -0.167. The quantitative estimate of drug-likeness (QED) is 0.0351. The Balaban J connectivity index is 4.13. The smallest absolute Gasteiger partial charge is 0.306 e. The minimum Gasteiger partial charge on any atom is -0.462 e. The summed E-state index contributed by atoms with van der Waals surface area (Å²) in [5, 5.41) is 0. The highest BCUT2D eigenvalue weighted by Crippen LogP contribution is 2.17. The Kier molecular flexibility index (Phi) is 40.3. The van der Waals surface area contributed by atoms with Gasteiger partial charge in [0.15, 0.2) is 6.10 Å². The number of carbonyl (C=O) groups is 3. The first-order chi connectivity index (χ1) is 25.9. The summed E-state index contributed by atoms with van der Waals surface area (Å²) in [5.41, 5.74) is 0. The lowest BCUT2D eigenvalue weighted by Crippen LogP contribution is -2.30. The van der Waals surface area contributed by atoms with Gasteiger partial charge in [0, 0.05) is 19.3 Å². The third-order valence-electron chi connectivity index (χ3n) is 10.9. The fourth-order valence-electron chi connectivity index (χ4n) is 6.95. The van der Waals surface area contributed by atoms with E-state index in [1.165, 1.54) is 148 Å². The van der Waals surface area contributed by atoms with Crippen LogP contribution < -0.4 is 0 Å². The van der Waals surface area contributed by atoms with Gasteiger partial charge in [-0.25, -0.2) is 0 Å². The van der Waals surface area contributed by atoms with Gasteiger partial charge in [0.25, 0.3) is 0 Å². The van der Waals surface area contributed by atoms with Crippen LogP contribution in [0, 0.1) is 5.92 Å². The second-order valence-corrected chi connectivity index (χ2v) is 16.3. The topological polar surface area (TPSA) is 78.9 Å². The largest absolute Gasteiger partial charge is 0.462 e. The van der Waals surface area contributed by atoms with Gasteiger partial charge < -0.3 is 14.2 Å². The average molecular weight is 751 g/mol. The van der Waals surface area contributed by atoms with Crippen molar-refractivity contribution in [3.8, 4) is 0 Å². The maximum Gasteiger partial charge on any atom is 0.306 e. The number of ether oxygens (including phenoxy) is 3. The van der Waals surface area contributed by atoms with E-state index in [9.17, 15) is 14.4 Å². The van der Waals surface area contributed by atoms with E-state index in [1.54, 1.807) is 0 Å². The number of rotatable bonds is 42. The van der Waals surface area contributed by atoms with Gasteiger partial charge in [-0.15, -0.1) is 0 Å². The predicted molar refractivity (Wildman–Crippen MR) is 224 cm³/mol. The fourth-order valence-corrected chi connectivity index (χ4v) is 6.95. The maximum absolute atomic E-state index is 12.7. The molecule has 1 unspecified atom stereocenters. The Morgan fingerprint density at radius 1 is 0.377 bits per heavy atom. The van der Waals surface area contributed by atoms with Crippen molar-refractivity contribution in [2.75, 3.05) is 13.2 Å². The Labute approximate surface area is 329 Å². The van der Waals surface area contributed by atoms with E-state index in [2.05, 4.69) is 27.7 Å². The molecule has 0 fully saturated rings. The molecule has 0 aromatic carbocycles. The highest BCUT2D eigenvalue weighted by Gasteiger charge is 2.19. The van der Waals surface area contributed by atoms with E-state index in [0.717, 1.165) is 70.1 Å². The highest BCUT2D eigenvalue weighted by atomic mass is 16.6. The van der Waals surface area contributed by atoms with Crippen molar-refractivity contribution >= 4 is 17.9 Å². The zero-order chi connectivity index (χ0) is 38.9. The van der Waals surface area contributed by atoms with Gasteiger partial charge in [0.2, 0.25) is 0 Å². The zero-order valence-corrected chi connectivity index (χ0v) is 36.0. The van der Waals surface area contributed by atoms with Crippen LogP contribution in [0.4, 0.5) is 0 Å². The molecule has 0 N–H and O–H groups in total. The second kappa shape index (κ2) is 41.6. The molecular formula is C47H90O6. The number of hydrogen-bond acceptors (Lipinski definition) is 6. The minimum absolute atomic E-state index is 0.0650. The Hall–Kier alpha value is -1.59. The van der Waals surface area contributed by atoms with Crippen LogP contribution in [0.25, 0.3) is 0 Å². The summed E-state index contributed by atoms with van der Waals surface area (Å²) in [6.07, 6.45) is 41.2. The Morgan fingerprint density at radius 3 is 0.981 bits per heavy atom. The summed E-state index contributed by atoms with van der Waals surface area (Å²) in [5.74, 6) is -0.0236. The summed E-state index contributed by atoms with van der Waals surface area (Å²) in [7, 11) is 0. The lowest BCUT2D eigenvalue weighted by atomic mass is 9.99. The number of carbonyl (C=O) groups excluding carboxylic acids is 3. The molecule has 0 spiro atoms. The maximum atomic E-state index is 12.7. The molecular weight excluding hydrogens is 661 g/mol. The van der Waals surface area contributed by atoms with Crippen LogP contribution in [0.15, 0.2) is 0 Å². The van der Waals surface area contributed by atoms with Crippen molar-refractivity contribution in [2.24, 2.45) is 5.92 Å². The highest BCUT2D eigenvalue weighted by molar-refractivity contribution is 5.71. The molecule has 53 heavy (non-hydrogen) atoms. The van der Waals surface area contributed by atoms with Gasteiger partial charge in [-0.05, 0) is 25.2 Å². The van der Waals surface area contributed by atoms with E-state index in [1.807, 2.05) is 0 Å². The number of esters is 3. The first kappa shape index (κ1) is 51.4. The van der Waals surface area contributed by atoms with Gasteiger partial charge >= 0.3 is 17.9 Å². The van der Waals surface area contributed by atoms with Crippen molar-refractivity contribution < 1.29 is 28.6 Å². The minimum atomic E-state index is -0.758. The van der Waals surface area contributed by atoms with Crippen molar-refractivity contribution in [3.05, 3.63) is 0 Å². The Bertz CT molecular complexity index is 798. The number of unbranched alkanes of at least 4 members (excludes halogenated alkanes) is 28. The van der Waals surface area contributed by atoms with Crippen LogP contribution in [0.1, 0.15) is 259 Å². The average Bonchev–Trinajstić information content (AvgIpc) is 3.15. The molecule has 0 heterocycles. The summed E-state index contributed by atoms with van der Waals surface area (Å²) < 4.78 is 16.6. The van der Waals surface area contributed by atoms with E-state index in [4.69, 9.17) is 14.2 Å². The fraction of sp³-hybridized carbons (Fsp3) is 0.936. The molecule has 0 aromatic heterocycles. The zero-order valence-electron chi connectivity index (χ0n) is 36.0. The van der Waals surface area contributed by atoms with Crippen molar-refractivity contribution in [1.82, 2.24) is 0 Å². The van der Waals surface area contributed by atoms with Gasteiger partial charge in [-0.2, -0.15) is 0 Å². The molecule has 314 valence electrons. The van der Waals surface area contributed by atoms with E-state index in [-0.39, 0.29) is 31.1 Å². The van der Waals surface area contributed by atoms with Crippen molar-refractivity contribution in [2.45, 2.75) is 265 Å². The second-order valence-electron chi connectivity index (χ2n) is 16.3. The van der Waals surface area contributed by atoms with Gasteiger partial charge in [-0.3, -0.25) is 14.4 Å². The molecule has 0 radical (unpaired) electrons. The molecule has 0 rings (SSSR count). The summed E-state index contributed by atoms with van der Waals surface area (Å²) >= 11 is 0. The molecule has 2 atom stereocenters. The standard InChI is InChI=1S/C47H90O6/c1-5-8-10-12-13-14-15-16-17-18-19-20-21-22-23-27-31-35-39-46(49)52-42-44(41-51-45(48)38-34-29-11-9-6-2)53-47(50)40-36-32-28-25-24-26-30-33-37-43(4)7-3/h43-44H,5-42H2,1-4H3/t43?,44-/m1/s1. The normalized spacial score (nSPS) is 12.5. The summed E-state index contributed by atoms with van der Waals surface area (Å²) in [6.45, 7) is 8.93.